The molecule has 164 valence electrons. The van der Waals surface area contributed by atoms with E-state index in [0.29, 0.717) is 22.8 Å². The number of anilines is 2. The van der Waals surface area contributed by atoms with Gasteiger partial charge < -0.3 is 9.64 Å². The summed E-state index contributed by atoms with van der Waals surface area (Å²) in [7, 11) is 2.84. The van der Waals surface area contributed by atoms with Crippen LogP contribution >= 0.6 is 0 Å². The fraction of sp³-hybridized carbons (Fsp3) is 0.0870. The number of carbonyl (C=O) groups is 2. The van der Waals surface area contributed by atoms with E-state index in [1.165, 1.54) is 24.1 Å². The highest BCUT2D eigenvalue weighted by atomic mass is 19.1. The fourth-order valence-corrected chi connectivity index (χ4v) is 3.21. The number of carbonyl (C=O) groups excluding carboxylic acids is 2. The molecule has 2 amide bonds. The maximum Gasteiger partial charge on any atom is 0.412 e. The number of hydrogen-bond donors (Lipinski definition) is 1. The van der Waals surface area contributed by atoms with Gasteiger partial charge in [0.15, 0.2) is 0 Å². The van der Waals surface area contributed by atoms with E-state index in [-0.39, 0.29) is 11.1 Å². The molecule has 1 aromatic carbocycles. The van der Waals surface area contributed by atoms with Gasteiger partial charge in [0.05, 0.1) is 30.3 Å². The summed E-state index contributed by atoms with van der Waals surface area (Å²) < 4.78 is 20.3. The predicted octanol–water partition coefficient (Wildman–Crippen LogP) is 3.86. The summed E-state index contributed by atoms with van der Waals surface area (Å²) in [4.78, 5) is 34.2. The Labute approximate surface area is 187 Å². The molecule has 0 fully saturated rings. The molecule has 0 atom stereocenters. The molecule has 0 aliphatic heterocycles. The zero-order chi connectivity index (χ0) is 23.5. The minimum Gasteiger partial charge on any atom is -0.453 e. The summed E-state index contributed by atoms with van der Waals surface area (Å²) in [6.07, 6.45) is 4.36. The summed E-state index contributed by atoms with van der Waals surface area (Å²) in [5.41, 5.74) is 2.65. The van der Waals surface area contributed by atoms with E-state index in [4.69, 9.17) is 5.26 Å². The Hall–Kier alpha value is -4.78. The van der Waals surface area contributed by atoms with Gasteiger partial charge in [-0.05, 0) is 42.5 Å². The van der Waals surface area contributed by atoms with Crippen LogP contribution in [0.5, 0.6) is 0 Å². The zero-order valence-corrected chi connectivity index (χ0v) is 17.6. The molecular weight excluding hydrogens is 427 g/mol. The topological polar surface area (TPSA) is 113 Å². The number of hydrogen-bond acceptors (Lipinski definition) is 6. The van der Waals surface area contributed by atoms with Crippen molar-refractivity contribution >= 4 is 29.2 Å². The molecule has 0 aliphatic rings. The largest absolute Gasteiger partial charge is 0.453 e. The first-order valence-electron chi connectivity index (χ1n) is 9.67. The van der Waals surface area contributed by atoms with Crippen molar-refractivity contribution in [3.05, 3.63) is 78.0 Å². The first kappa shape index (κ1) is 21.5. The van der Waals surface area contributed by atoms with Crippen molar-refractivity contribution in [1.29, 1.82) is 5.26 Å². The number of halogens is 1. The lowest BCUT2D eigenvalue weighted by molar-refractivity contribution is 0.0992. The number of nitriles is 1. The van der Waals surface area contributed by atoms with Gasteiger partial charge in [-0.3, -0.25) is 14.5 Å². The minimum absolute atomic E-state index is 0.123. The molecule has 10 heteroatoms. The van der Waals surface area contributed by atoms with E-state index in [1.54, 1.807) is 60.4 Å². The molecule has 3 heterocycles. The second kappa shape index (κ2) is 8.76. The molecule has 4 rings (SSSR count). The Bertz CT molecular complexity index is 1410. The number of rotatable bonds is 4. The average molecular weight is 444 g/mol. The number of aromatic nitrogens is 3. The molecule has 9 nitrogen and oxygen atoms in total. The fourth-order valence-electron chi connectivity index (χ4n) is 3.21. The van der Waals surface area contributed by atoms with Gasteiger partial charge in [-0.15, -0.1) is 0 Å². The van der Waals surface area contributed by atoms with Gasteiger partial charge in [-0.1, -0.05) is 0 Å². The van der Waals surface area contributed by atoms with E-state index < -0.39 is 17.8 Å². The number of ether oxygens (including phenoxy) is 1. The number of pyridine rings is 2. The number of imidazole rings is 1. The first-order chi connectivity index (χ1) is 15.9. The van der Waals surface area contributed by atoms with Crippen molar-refractivity contribution in [2.75, 3.05) is 24.4 Å². The maximum atomic E-state index is 14.0. The quantitative estimate of drug-likeness (QED) is 0.511. The molecule has 0 saturated carbocycles. The van der Waals surface area contributed by atoms with Crippen LogP contribution in [0.4, 0.5) is 20.7 Å². The highest BCUT2D eigenvalue weighted by Gasteiger charge is 2.17. The molecule has 0 spiro atoms. The Balaban J connectivity index is 1.64. The summed E-state index contributed by atoms with van der Waals surface area (Å²) in [6.45, 7) is 0. The molecule has 0 unspecified atom stereocenters. The lowest BCUT2D eigenvalue weighted by Gasteiger charge is -2.18. The van der Waals surface area contributed by atoms with Gasteiger partial charge in [-0.25, -0.2) is 19.2 Å². The third-order valence-electron chi connectivity index (χ3n) is 4.99. The number of benzene rings is 1. The van der Waals surface area contributed by atoms with Crippen molar-refractivity contribution in [3.63, 3.8) is 0 Å². The average Bonchev–Trinajstić information content (AvgIpc) is 3.26. The second-order valence-corrected chi connectivity index (χ2v) is 6.98. The normalized spacial score (nSPS) is 10.5. The van der Waals surface area contributed by atoms with Crippen molar-refractivity contribution < 1.29 is 18.7 Å². The molecule has 4 aromatic rings. The zero-order valence-electron chi connectivity index (χ0n) is 17.6. The van der Waals surface area contributed by atoms with E-state index in [0.717, 1.165) is 11.6 Å². The van der Waals surface area contributed by atoms with Gasteiger partial charge in [0.1, 0.15) is 23.4 Å². The van der Waals surface area contributed by atoms with Crippen LogP contribution in [0, 0.1) is 17.1 Å². The monoisotopic (exact) mass is 444 g/mol. The highest BCUT2D eigenvalue weighted by Crippen LogP contribution is 2.25. The van der Waals surface area contributed by atoms with E-state index in [1.807, 2.05) is 0 Å². The van der Waals surface area contributed by atoms with Crippen LogP contribution in [-0.2, 0) is 4.74 Å². The van der Waals surface area contributed by atoms with Crippen LogP contribution in [-0.4, -0.2) is 40.5 Å². The molecule has 0 radical (unpaired) electrons. The Morgan fingerprint density at radius 3 is 2.64 bits per heavy atom. The molecule has 33 heavy (non-hydrogen) atoms. The molecule has 1 N–H and O–H groups in total. The standard InChI is InChI=1S/C23H17FN6O3/c1-29(22(31)14-3-4-15(10-25)18(24)9-14)17-6-8-21-27-12-19(30(21)13-17)16-5-7-20(26-11-16)28-23(32)33-2/h3-9,11-13H,1-2H3,(H,26,28,32). The summed E-state index contributed by atoms with van der Waals surface area (Å²) in [6, 6.07) is 12.4. The smallest absolute Gasteiger partial charge is 0.412 e. The maximum absolute atomic E-state index is 14.0. The SMILES string of the molecule is COC(=O)Nc1ccc(-c2cnc3ccc(N(C)C(=O)c4ccc(C#N)c(F)c4)cn23)cn1. The van der Waals surface area contributed by atoms with Crippen molar-refractivity contribution in [1.82, 2.24) is 14.4 Å². The van der Waals surface area contributed by atoms with Crippen LogP contribution in [0.3, 0.4) is 0 Å². The van der Waals surface area contributed by atoms with E-state index >= 15 is 0 Å². The summed E-state index contributed by atoms with van der Waals surface area (Å²) >= 11 is 0. The minimum atomic E-state index is -0.748. The van der Waals surface area contributed by atoms with Gasteiger partial charge >= 0.3 is 6.09 Å². The predicted molar refractivity (Wildman–Crippen MR) is 118 cm³/mol. The summed E-state index contributed by atoms with van der Waals surface area (Å²) in [5.74, 6) is -0.846. The molecular formula is C23H17FN6O3. The van der Waals surface area contributed by atoms with Crippen LogP contribution in [0.25, 0.3) is 16.9 Å². The number of fused-ring (bicyclic) bond motifs is 1. The number of methoxy groups -OCH3 is 1. The first-order valence-corrected chi connectivity index (χ1v) is 9.67. The van der Waals surface area contributed by atoms with Crippen LogP contribution in [0.2, 0.25) is 0 Å². The highest BCUT2D eigenvalue weighted by molar-refractivity contribution is 6.05. The van der Waals surface area contributed by atoms with Gasteiger partial charge in [0, 0.05) is 30.6 Å². The Morgan fingerprint density at radius 1 is 1.15 bits per heavy atom. The van der Waals surface area contributed by atoms with Gasteiger partial charge in [0.2, 0.25) is 0 Å². The Kier molecular flexibility index (Phi) is 5.69. The van der Waals surface area contributed by atoms with Crippen molar-refractivity contribution in [2.24, 2.45) is 0 Å². The third-order valence-corrected chi connectivity index (χ3v) is 4.99. The third kappa shape index (κ3) is 4.20. The van der Waals surface area contributed by atoms with Gasteiger partial charge in [0.25, 0.3) is 5.91 Å². The van der Waals surface area contributed by atoms with Gasteiger partial charge in [-0.2, -0.15) is 5.26 Å². The van der Waals surface area contributed by atoms with Crippen LogP contribution in [0.1, 0.15) is 15.9 Å². The number of amides is 2. The van der Waals surface area contributed by atoms with Crippen molar-refractivity contribution in [3.8, 4) is 17.3 Å². The number of nitrogens with one attached hydrogen (secondary N) is 1. The Morgan fingerprint density at radius 2 is 1.97 bits per heavy atom. The number of nitrogens with zero attached hydrogens (tertiary/aromatic N) is 5. The second-order valence-electron chi connectivity index (χ2n) is 6.98. The van der Waals surface area contributed by atoms with Crippen molar-refractivity contribution in [2.45, 2.75) is 0 Å². The lowest BCUT2D eigenvalue weighted by Crippen LogP contribution is -2.26. The lowest BCUT2D eigenvalue weighted by atomic mass is 10.1. The molecule has 3 aromatic heterocycles. The summed E-state index contributed by atoms with van der Waals surface area (Å²) in [5, 5.41) is 11.4. The van der Waals surface area contributed by atoms with E-state index in [2.05, 4.69) is 20.0 Å². The van der Waals surface area contributed by atoms with E-state index in [9.17, 15) is 14.0 Å². The van der Waals surface area contributed by atoms with Crippen LogP contribution in [0.15, 0.2) is 61.1 Å². The molecule has 0 bridgehead atoms. The molecule has 0 saturated heterocycles. The van der Waals surface area contributed by atoms with Crippen LogP contribution < -0.4 is 10.2 Å². The molecule has 0 aliphatic carbocycles.